The molecule has 5 heteroatoms. The summed E-state index contributed by atoms with van der Waals surface area (Å²) in [5.41, 5.74) is 0.583. The van der Waals surface area contributed by atoms with Gasteiger partial charge in [0.2, 0.25) is 0 Å². The standard InChI is InChI=1S/C35H52O4.C12H23N/c1-22(2)13-12-19-33(11)27(16-14-23(3)4)21-34(20-18-25(7)8)30(37)28(17-15-24(5)6)31(38)35(33,32(34)39)29(36)26(9)10;1-3-7-11(8-4-1)13-12-9-5-2-6-10-12/h13-15,18,26-27,37H,12,16-17,19-21H2,1-11H3;11-13H,1-10H2/t27?,33-,34-,35+;/m1./s1. The van der Waals surface area contributed by atoms with Crippen LogP contribution in [0.2, 0.25) is 0 Å². The fraction of sp³-hybridized carbons (Fsp3) is 0.723. The quantitative estimate of drug-likeness (QED) is 0.146. The van der Waals surface area contributed by atoms with Crippen LogP contribution in [-0.4, -0.2) is 34.5 Å². The summed E-state index contributed by atoms with van der Waals surface area (Å²) >= 11 is 0. The van der Waals surface area contributed by atoms with Crippen molar-refractivity contribution in [1.29, 1.82) is 0 Å². The number of ketones is 3. The monoisotopic (exact) mass is 718 g/mol. The maximum absolute atomic E-state index is 15.0. The average molecular weight is 718 g/mol. The summed E-state index contributed by atoms with van der Waals surface area (Å²) in [6.45, 7) is 21.6. The number of fused-ring (bicyclic) bond motifs is 2. The largest absolute Gasteiger partial charge is 0.511 e. The van der Waals surface area contributed by atoms with Gasteiger partial charge in [-0.25, -0.2) is 0 Å². The Morgan fingerprint density at radius 1 is 0.769 bits per heavy atom. The highest BCUT2D eigenvalue weighted by Crippen LogP contribution is 2.67. The number of nitrogens with one attached hydrogen (secondary N) is 1. The van der Waals surface area contributed by atoms with Gasteiger partial charge in [-0.1, -0.05) is 106 Å². The van der Waals surface area contributed by atoms with E-state index in [9.17, 15) is 19.5 Å². The lowest BCUT2D eigenvalue weighted by molar-refractivity contribution is -0.180. The Morgan fingerprint density at radius 2 is 1.27 bits per heavy atom. The number of carbonyl (C=O) groups excluding carboxylic acids is 3. The van der Waals surface area contributed by atoms with E-state index in [1.54, 1.807) is 13.8 Å². The first-order chi connectivity index (χ1) is 24.4. The van der Waals surface area contributed by atoms with E-state index in [0.717, 1.165) is 28.8 Å². The SMILES string of the molecule is C1CCC(NC2CCCCC2)CC1.CC(C)=CCC[C@]1(C)C(CC=C(C)C)C[C@@]2(CC=C(C)C)C(=O)[C@]1(C(=O)C(C)C)C(=O)C(CC=C(C)C)=C2O. The molecule has 3 saturated carbocycles. The first-order valence-corrected chi connectivity index (χ1v) is 20.8. The summed E-state index contributed by atoms with van der Waals surface area (Å²) in [6, 6.07) is 1.74. The second kappa shape index (κ2) is 19.2. The summed E-state index contributed by atoms with van der Waals surface area (Å²) in [4.78, 5) is 44.3. The van der Waals surface area contributed by atoms with Crippen LogP contribution in [-0.2, 0) is 14.4 Å². The number of aliphatic hydroxyl groups is 1. The average Bonchev–Trinajstić information content (AvgIpc) is 3.08. The topological polar surface area (TPSA) is 83.5 Å². The lowest BCUT2D eigenvalue weighted by Crippen LogP contribution is -2.71. The van der Waals surface area contributed by atoms with Gasteiger partial charge in [0.1, 0.15) is 5.76 Å². The summed E-state index contributed by atoms with van der Waals surface area (Å²) in [7, 11) is 0. The zero-order valence-electron chi connectivity index (χ0n) is 35.1. The third kappa shape index (κ3) is 9.76. The first kappa shape index (κ1) is 43.9. The number of Topliss-reactive ketones (excluding diaryl/α,β-unsaturated/α-hetero) is 3. The molecule has 2 N–H and O–H groups in total. The Morgan fingerprint density at radius 3 is 1.73 bits per heavy atom. The van der Waals surface area contributed by atoms with Crippen molar-refractivity contribution in [3.63, 3.8) is 0 Å². The molecule has 5 nitrogen and oxygen atoms in total. The molecule has 292 valence electrons. The summed E-state index contributed by atoms with van der Waals surface area (Å²) < 4.78 is 0. The zero-order valence-corrected chi connectivity index (χ0v) is 35.1. The molecule has 0 aromatic rings. The number of hydrogen-bond donors (Lipinski definition) is 2. The number of rotatable bonds is 13. The molecular formula is C47H75NO4. The van der Waals surface area contributed by atoms with Crippen molar-refractivity contribution in [3.8, 4) is 0 Å². The first-order valence-electron chi connectivity index (χ1n) is 20.8. The summed E-state index contributed by atoms with van der Waals surface area (Å²) in [6.07, 6.45) is 25.5. The van der Waals surface area contributed by atoms with Gasteiger partial charge in [-0.2, -0.15) is 0 Å². The Balaban J connectivity index is 0.000000464. The number of carbonyl (C=O) groups is 3. The van der Waals surface area contributed by atoms with Crippen LogP contribution in [0.25, 0.3) is 0 Å². The summed E-state index contributed by atoms with van der Waals surface area (Å²) in [5.74, 6) is -1.93. The second-order valence-corrected chi connectivity index (χ2v) is 18.3. The predicted molar refractivity (Wildman–Crippen MR) is 218 cm³/mol. The molecule has 4 rings (SSSR count). The fourth-order valence-corrected chi connectivity index (χ4v) is 9.58. The minimum Gasteiger partial charge on any atom is -0.511 e. The van der Waals surface area contributed by atoms with E-state index in [2.05, 4.69) is 17.5 Å². The van der Waals surface area contributed by atoms with Crippen LogP contribution in [0.5, 0.6) is 0 Å². The van der Waals surface area contributed by atoms with E-state index in [1.807, 2.05) is 74.5 Å². The van der Waals surface area contributed by atoms with Gasteiger partial charge in [0.25, 0.3) is 0 Å². The lowest BCUT2D eigenvalue weighted by Gasteiger charge is -2.61. The molecule has 0 heterocycles. The molecule has 0 aromatic heterocycles. The van der Waals surface area contributed by atoms with Crippen LogP contribution >= 0.6 is 0 Å². The van der Waals surface area contributed by atoms with Crippen LogP contribution in [0.15, 0.2) is 57.9 Å². The molecule has 2 bridgehead atoms. The van der Waals surface area contributed by atoms with Gasteiger partial charge in [0.15, 0.2) is 22.8 Å². The highest BCUT2D eigenvalue weighted by molar-refractivity contribution is 6.33. The Labute approximate surface area is 318 Å². The van der Waals surface area contributed by atoms with Gasteiger partial charge in [0, 0.05) is 23.6 Å². The van der Waals surface area contributed by atoms with Crippen LogP contribution in [0.3, 0.4) is 0 Å². The number of allylic oxidation sites excluding steroid dienone is 10. The molecule has 4 aliphatic carbocycles. The normalized spacial score (nSPS) is 28.1. The van der Waals surface area contributed by atoms with Crippen molar-refractivity contribution in [2.45, 2.75) is 191 Å². The van der Waals surface area contributed by atoms with Crippen molar-refractivity contribution in [3.05, 3.63) is 57.9 Å². The maximum Gasteiger partial charge on any atom is 0.184 e. The Kier molecular flexibility index (Phi) is 16.2. The second-order valence-electron chi connectivity index (χ2n) is 18.3. The summed E-state index contributed by atoms with van der Waals surface area (Å²) in [5, 5.41) is 15.7. The number of aliphatic hydroxyl groups excluding tert-OH is 1. The fourth-order valence-electron chi connectivity index (χ4n) is 9.58. The van der Waals surface area contributed by atoms with Crippen LogP contribution in [0.4, 0.5) is 0 Å². The molecule has 4 aliphatic rings. The van der Waals surface area contributed by atoms with Crippen molar-refractivity contribution >= 4 is 17.3 Å². The third-order valence-electron chi connectivity index (χ3n) is 12.7. The van der Waals surface area contributed by atoms with Crippen molar-refractivity contribution in [1.82, 2.24) is 5.32 Å². The van der Waals surface area contributed by atoms with E-state index in [4.69, 9.17) is 0 Å². The molecule has 4 atom stereocenters. The molecule has 0 spiro atoms. The van der Waals surface area contributed by atoms with Crippen molar-refractivity contribution in [2.24, 2.45) is 28.1 Å². The van der Waals surface area contributed by atoms with Crippen LogP contribution in [0.1, 0.15) is 179 Å². The molecule has 0 aromatic carbocycles. The predicted octanol–water partition coefficient (Wildman–Crippen LogP) is 12.2. The smallest absolute Gasteiger partial charge is 0.184 e. The minimum absolute atomic E-state index is 0.117. The lowest BCUT2D eigenvalue weighted by atomic mass is 9.38. The van der Waals surface area contributed by atoms with Gasteiger partial charge in [-0.15, -0.1) is 0 Å². The van der Waals surface area contributed by atoms with Gasteiger partial charge in [0.05, 0.1) is 5.41 Å². The van der Waals surface area contributed by atoms with Crippen molar-refractivity contribution < 1.29 is 19.5 Å². The van der Waals surface area contributed by atoms with E-state index in [0.29, 0.717) is 25.7 Å². The molecule has 52 heavy (non-hydrogen) atoms. The van der Waals surface area contributed by atoms with E-state index in [-0.39, 0.29) is 41.7 Å². The Hall–Kier alpha value is -2.53. The van der Waals surface area contributed by atoms with Crippen LogP contribution < -0.4 is 5.32 Å². The van der Waals surface area contributed by atoms with Gasteiger partial charge in [-0.3, -0.25) is 14.4 Å². The number of hydrogen-bond acceptors (Lipinski definition) is 5. The van der Waals surface area contributed by atoms with E-state index < -0.39 is 27.9 Å². The van der Waals surface area contributed by atoms with Gasteiger partial charge < -0.3 is 10.4 Å². The van der Waals surface area contributed by atoms with Crippen molar-refractivity contribution in [2.75, 3.05) is 0 Å². The Bertz CT molecular complexity index is 1400. The minimum atomic E-state index is -1.83. The molecule has 3 fully saturated rings. The molecule has 0 radical (unpaired) electrons. The third-order valence-corrected chi connectivity index (χ3v) is 12.7. The maximum atomic E-state index is 15.0. The molecule has 1 unspecified atom stereocenters. The van der Waals surface area contributed by atoms with Gasteiger partial charge >= 0.3 is 0 Å². The molecule has 0 amide bonds. The van der Waals surface area contributed by atoms with Crippen LogP contribution in [0, 0.1) is 28.1 Å². The highest BCUT2D eigenvalue weighted by Gasteiger charge is 2.75. The zero-order chi connectivity index (χ0) is 38.9. The van der Waals surface area contributed by atoms with E-state index >= 15 is 0 Å². The highest BCUT2D eigenvalue weighted by atomic mass is 16.3. The molecule has 0 aliphatic heterocycles. The molecular weight excluding hydrogens is 643 g/mol. The molecule has 0 saturated heterocycles. The van der Waals surface area contributed by atoms with Gasteiger partial charge in [-0.05, 0) is 131 Å². The van der Waals surface area contributed by atoms with E-state index in [1.165, 1.54) is 69.8 Å².